The Bertz CT molecular complexity index is 888. The molecule has 6 bridgehead atoms. The Hall–Kier alpha value is -2.82. The van der Waals surface area contributed by atoms with Crippen LogP contribution in [-0.4, -0.2) is 46.7 Å². The third-order valence-electron chi connectivity index (χ3n) is 5.19. The molecule has 0 unspecified atom stereocenters. The molecule has 0 saturated heterocycles. The van der Waals surface area contributed by atoms with Gasteiger partial charge in [0.15, 0.2) is 11.9 Å². The standard InChI is InChI=1S/C19H22F3N5O3/c20-19(21,22)17-15-9-12(4-6-23-15)25-16-10-14(26-27-16)11-2-3-13(8-11)30-18(28)24-5-1-7-29-17/h4,6,9-11,13,17H,1-3,5,7-8H2,(H,24,28)(H2,25,26,27)/t11-,13+,17-/m0/s1. The van der Waals surface area contributed by atoms with Gasteiger partial charge in [0.2, 0.25) is 0 Å². The number of hydrogen-bond acceptors (Lipinski definition) is 6. The lowest BCUT2D eigenvalue weighted by atomic mass is 10.0. The van der Waals surface area contributed by atoms with Crippen molar-refractivity contribution < 1.29 is 27.4 Å². The molecular formula is C19H22F3N5O3. The number of aromatic amines is 1. The third kappa shape index (κ3) is 4.84. The number of alkyl carbamates (subject to hydrolysis) is 1. The van der Waals surface area contributed by atoms with Crippen LogP contribution >= 0.6 is 0 Å². The maximum Gasteiger partial charge on any atom is 0.420 e. The average Bonchev–Trinajstić information content (AvgIpc) is 3.32. The van der Waals surface area contributed by atoms with Crippen LogP contribution in [0.2, 0.25) is 0 Å². The minimum Gasteiger partial charge on any atom is -0.446 e. The van der Waals surface area contributed by atoms with Crippen molar-refractivity contribution in [3.8, 4) is 0 Å². The predicted octanol–water partition coefficient (Wildman–Crippen LogP) is 3.93. The minimum absolute atomic E-state index is 0.151. The van der Waals surface area contributed by atoms with Crippen molar-refractivity contribution in [3.63, 3.8) is 0 Å². The Morgan fingerprint density at radius 1 is 1.20 bits per heavy atom. The van der Waals surface area contributed by atoms with E-state index < -0.39 is 18.4 Å². The highest BCUT2D eigenvalue weighted by Gasteiger charge is 2.43. The van der Waals surface area contributed by atoms with Gasteiger partial charge < -0.3 is 20.1 Å². The van der Waals surface area contributed by atoms with E-state index in [1.807, 2.05) is 6.07 Å². The fraction of sp³-hybridized carbons (Fsp3) is 0.526. The number of H-pyrrole nitrogens is 1. The predicted molar refractivity (Wildman–Crippen MR) is 100 cm³/mol. The minimum atomic E-state index is -4.63. The van der Waals surface area contributed by atoms with Crippen LogP contribution in [0.15, 0.2) is 24.4 Å². The van der Waals surface area contributed by atoms with Crippen LogP contribution in [0.4, 0.5) is 29.5 Å². The summed E-state index contributed by atoms with van der Waals surface area (Å²) in [5, 5.41) is 12.7. The molecule has 1 aliphatic heterocycles. The first-order valence-electron chi connectivity index (χ1n) is 9.79. The molecule has 1 saturated carbocycles. The topological polar surface area (TPSA) is 101 Å². The molecule has 4 rings (SSSR count). The first-order valence-corrected chi connectivity index (χ1v) is 9.79. The van der Waals surface area contributed by atoms with Gasteiger partial charge in [0.05, 0.1) is 5.69 Å². The molecule has 3 atom stereocenters. The van der Waals surface area contributed by atoms with E-state index in [1.165, 1.54) is 12.3 Å². The lowest BCUT2D eigenvalue weighted by Crippen LogP contribution is -2.30. The van der Waals surface area contributed by atoms with E-state index in [1.54, 1.807) is 6.07 Å². The van der Waals surface area contributed by atoms with E-state index in [2.05, 4.69) is 25.8 Å². The lowest BCUT2D eigenvalue weighted by Gasteiger charge is -2.21. The zero-order chi connectivity index (χ0) is 21.1. The molecule has 162 valence electrons. The van der Waals surface area contributed by atoms with Crippen LogP contribution in [0.3, 0.4) is 0 Å². The fourth-order valence-corrected chi connectivity index (χ4v) is 3.76. The Labute approximate surface area is 170 Å². The van der Waals surface area contributed by atoms with Gasteiger partial charge in [-0.1, -0.05) is 0 Å². The summed E-state index contributed by atoms with van der Waals surface area (Å²) in [5.41, 5.74) is 1.06. The van der Waals surface area contributed by atoms with Crippen molar-refractivity contribution in [1.29, 1.82) is 0 Å². The number of alkyl halides is 3. The molecular weight excluding hydrogens is 403 g/mol. The van der Waals surface area contributed by atoms with Crippen LogP contribution in [0, 0.1) is 0 Å². The second kappa shape index (κ2) is 8.50. The molecule has 3 N–H and O–H groups in total. The van der Waals surface area contributed by atoms with Gasteiger partial charge in [-0.25, -0.2) is 4.79 Å². The fourth-order valence-electron chi connectivity index (χ4n) is 3.76. The second-order valence-corrected chi connectivity index (χ2v) is 7.41. The van der Waals surface area contributed by atoms with Gasteiger partial charge in [-0.05, 0) is 37.8 Å². The molecule has 30 heavy (non-hydrogen) atoms. The molecule has 8 nitrogen and oxygen atoms in total. The summed E-state index contributed by atoms with van der Waals surface area (Å²) in [6.07, 6.45) is -3.80. The summed E-state index contributed by atoms with van der Waals surface area (Å²) in [6.45, 7) is -0.0451. The van der Waals surface area contributed by atoms with E-state index in [-0.39, 0.29) is 37.3 Å². The number of nitrogens with one attached hydrogen (secondary N) is 3. The maximum atomic E-state index is 13.5. The first-order chi connectivity index (χ1) is 14.4. The van der Waals surface area contributed by atoms with Crippen molar-refractivity contribution in [1.82, 2.24) is 20.5 Å². The molecule has 11 heteroatoms. The molecule has 1 aliphatic carbocycles. The Morgan fingerprint density at radius 2 is 2.07 bits per heavy atom. The second-order valence-electron chi connectivity index (χ2n) is 7.41. The average molecular weight is 425 g/mol. The van der Waals surface area contributed by atoms with Crippen LogP contribution < -0.4 is 10.6 Å². The van der Waals surface area contributed by atoms with Gasteiger partial charge in [0, 0.05) is 42.7 Å². The Morgan fingerprint density at radius 3 is 2.90 bits per heavy atom. The molecule has 1 amide bonds. The summed E-state index contributed by atoms with van der Waals surface area (Å²) in [5.74, 6) is 0.649. The monoisotopic (exact) mass is 425 g/mol. The molecule has 2 aromatic heterocycles. The number of hydrogen-bond donors (Lipinski definition) is 3. The summed E-state index contributed by atoms with van der Waals surface area (Å²) in [7, 11) is 0. The van der Waals surface area contributed by atoms with Crippen molar-refractivity contribution in [2.24, 2.45) is 0 Å². The molecule has 2 aromatic rings. The molecule has 0 radical (unpaired) electrons. The van der Waals surface area contributed by atoms with E-state index in [4.69, 9.17) is 9.47 Å². The highest BCUT2D eigenvalue weighted by molar-refractivity contribution is 5.67. The number of amides is 1. The van der Waals surface area contributed by atoms with Gasteiger partial charge in [0.1, 0.15) is 6.10 Å². The summed E-state index contributed by atoms with van der Waals surface area (Å²) < 4.78 is 51.0. The number of ether oxygens (including phenoxy) is 2. The summed E-state index contributed by atoms with van der Waals surface area (Å²) in [4.78, 5) is 15.8. The van der Waals surface area contributed by atoms with E-state index in [0.717, 1.165) is 18.5 Å². The normalized spacial score (nSPS) is 25.4. The van der Waals surface area contributed by atoms with Crippen molar-refractivity contribution in [3.05, 3.63) is 35.8 Å². The quantitative estimate of drug-likeness (QED) is 0.591. The highest BCUT2D eigenvalue weighted by atomic mass is 19.4. The van der Waals surface area contributed by atoms with E-state index in [0.29, 0.717) is 17.9 Å². The van der Waals surface area contributed by atoms with E-state index in [9.17, 15) is 18.0 Å². The number of carbonyl (C=O) groups excluding carboxylic acids is 1. The first kappa shape index (κ1) is 20.5. The van der Waals surface area contributed by atoms with Crippen LogP contribution in [0.5, 0.6) is 0 Å². The number of pyridine rings is 1. The van der Waals surface area contributed by atoms with Crippen LogP contribution in [0.25, 0.3) is 0 Å². The van der Waals surface area contributed by atoms with Crippen molar-refractivity contribution in [2.75, 3.05) is 18.5 Å². The Balaban J connectivity index is 1.59. The van der Waals surface area contributed by atoms with Gasteiger partial charge in [-0.15, -0.1) is 0 Å². The number of anilines is 2. The molecule has 1 fully saturated rings. The highest BCUT2D eigenvalue weighted by Crippen LogP contribution is 2.37. The number of rotatable bonds is 0. The number of nitrogens with zero attached hydrogens (tertiary/aromatic N) is 2. The number of carbonyl (C=O) groups is 1. The largest absolute Gasteiger partial charge is 0.446 e. The zero-order valence-corrected chi connectivity index (χ0v) is 16.0. The maximum absolute atomic E-state index is 13.5. The SMILES string of the molecule is O=C1NCCCO[C@H](C(F)(F)F)c2cc(ccn2)Nc2cc([nH]n2)[C@H]2CC[C@H](C2)O1. The van der Waals surface area contributed by atoms with Crippen LogP contribution in [0.1, 0.15) is 49.1 Å². The molecule has 0 spiro atoms. The number of fused-ring (bicyclic) bond motifs is 7. The van der Waals surface area contributed by atoms with Crippen LogP contribution in [-0.2, 0) is 9.47 Å². The van der Waals surface area contributed by atoms with Gasteiger partial charge in [-0.3, -0.25) is 10.1 Å². The van der Waals surface area contributed by atoms with Crippen molar-refractivity contribution in [2.45, 2.75) is 50.0 Å². The Kier molecular flexibility index (Phi) is 5.80. The smallest absolute Gasteiger partial charge is 0.420 e. The number of halogens is 3. The molecule has 2 aliphatic rings. The zero-order valence-electron chi connectivity index (χ0n) is 16.0. The summed E-state index contributed by atoms with van der Waals surface area (Å²) >= 11 is 0. The number of aromatic nitrogens is 3. The van der Waals surface area contributed by atoms with Gasteiger partial charge >= 0.3 is 12.3 Å². The third-order valence-corrected chi connectivity index (χ3v) is 5.19. The van der Waals surface area contributed by atoms with Gasteiger partial charge in [0.25, 0.3) is 0 Å². The van der Waals surface area contributed by atoms with E-state index >= 15 is 0 Å². The summed E-state index contributed by atoms with van der Waals surface area (Å²) in [6, 6.07) is 4.68. The van der Waals surface area contributed by atoms with Crippen molar-refractivity contribution >= 4 is 17.6 Å². The lowest BCUT2D eigenvalue weighted by molar-refractivity contribution is -0.225. The molecule has 3 heterocycles. The van der Waals surface area contributed by atoms with Gasteiger partial charge in [-0.2, -0.15) is 18.3 Å². The molecule has 0 aromatic carbocycles.